The molecule has 0 aromatic carbocycles. The van der Waals surface area contributed by atoms with Crippen molar-refractivity contribution < 1.29 is 4.79 Å². The molecule has 0 bridgehead atoms. The topological polar surface area (TPSA) is 41.1 Å². The molecule has 2 rings (SSSR count). The predicted octanol–water partition coefficient (Wildman–Crippen LogP) is 2.67. The highest BCUT2D eigenvalue weighted by Crippen LogP contribution is 2.28. The number of carbonyl (C=O) groups excluding carboxylic acids is 1. The van der Waals surface area contributed by atoms with Crippen molar-refractivity contribution in [3.8, 4) is 0 Å². The maximum Gasteiger partial charge on any atom is 0.240 e. The Hall–Kier alpha value is -0.870. The standard InChI is InChI=1S/C15H24N2OS/c1-4-15(8-6-9-17-15)13(18)16-11-14(2,3)12-7-5-10-19-12/h5,7,10,17H,4,6,8-9,11H2,1-3H3,(H,16,18). The second-order valence-electron chi connectivity index (χ2n) is 6.01. The quantitative estimate of drug-likeness (QED) is 0.870. The van der Waals surface area contributed by atoms with E-state index >= 15 is 0 Å². The summed E-state index contributed by atoms with van der Waals surface area (Å²) in [6.07, 6.45) is 2.91. The van der Waals surface area contributed by atoms with Crippen molar-refractivity contribution in [1.82, 2.24) is 10.6 Å². The van der Waals surface area contributed by atoms with Gasteiger partial charge in [0.15, 0.2) is 0 Å². The minimum Gasteiger partial charge on any atom is -0.354 e. The van der Waals surface area contributed by atoms with Gasteiger partial charge in [-0.1, -0.05) is 26.8 Å². The SMILES string of the molecule is CCC1(C(=O)NCC(C)(C)c2cccs2)CCCN1. The van der Waals surface area contributed by atoms with Gasteiger partial charge in [-0.2, -0.15) is 0 Å². The van der Waals surface area contributed by atoms with Crippen LogP contribution in [0.3, 0.4) is 0 Å². The zero-order valence-electron chi connectivity index (χ0n) is 12.1. The van der Waals surface area contributed by atoms with Crippen LogP contribution in [0.15, 0.2) is 17.5 Å². The van der Waals surface area contributed by atoms with Crippen LogP contribution in [-0.2, 0) is 10.2 Å². The molecule has 1 aromatic rings. The summed E-state index contributed by atoms with van der Waals surface area (Å²) in [6.45, 7) is 8.09. The van der Waals surface area contributed by atoms with E-state index in [1.165, 1.54) is 4.88 Å². The molecule has 3 nitrogen and oxygen atoms in total. The molecule has 1 aromatic heterocycles. The van der Waals surface area contributed by atoms with Gasteiger partial charge in [0.05, 0.1) is 5.54 Å². The first-order valence-corrected chi connectivity index (χ1v) is 7.95. The molecule has 0 spiro atoms. The van der Waals surface area contributed by atoms with Crippen molar-refractivity contribution in [3.05, 3.63) is 22.4 Å². The Bertz CT molecular complexity index is 419. The first-order valence-electron chi connectivity index (χ1n) is 7.07. The highest BCUT2D eigenvalue weighted by atomic mass is 32.1. The maximum absolute atomic E-state index is 12.4. The van der Waals surface area contributed by atoms with Crippen LogP contribution >= 0.6 is 11.3 Å². The van der Waals surface area contributed by atoms with Crippen LogP contribution in [0.1, 0.15) is 44.9 Å². The smallest absolute Gasteiger partial charge is 0.240 e. The zero-order chi connectivity index (χ0) is 13.9. The first-order chi connectivity index (χ1) is 9.00. The van der Waals surface area contributed by atoms with Crippen LogP contribution in [0, 0.1) is 0 Å². The molecular formula is C15H24N2OS. The van der Waals surface area contributed by atoms with Crippen LogP contribution in [0.25, 0.3) is 0 Å². The van der Waals surface area contributed by atoms with Crippen LogP contribution in [0.5, 0.6) is 0 Å². The zero-order valence-corrected chi connectivity index (χ0v) is 12.9. The molecule has 2 heterocycles. The van der Waals surface area contributed by atoms with E-state index in [0.717, 1.165) is 25.8 Å². The van der Waals surface area contributed by atoms with Gasteiger partial charge in [-0.3, -0.25) is 4.79 Å². The van der Waals surface area contributed by atoms with Gasteiger partial charge in [0.2, 0.25) is 5.91 Å². The molecule has 1 amide bonds. The van der Waals surface area contributed by atoms with E-state index in [-0.39, 0.29) is 16.9 Å². The lowest BCUT2D eigenvalue weighted by atomic mass is 9.89. The number of hydrogen-bond donors (Lipinski definition) is 2. The molecule has 106 valence electrons. The van der Waals surface area contributed by atoms with Crippen LogP contribution in [0.4, 0.5) is 0 Å². The Morgan fingerprint density at radius 3 is 2.89 bits per heavy atom. The molecule has 1 fully saturated rings. The monoisotopic (exact) mass is 280 g/mol. The van der Waals surface area contributed by atoms with Crippen LogP contribution in [-0.4, -0.2) is 24.5 Å². The summed E-state index contributed by atoms with van der Waals surface area (Å²) in [5, 5.41) is 8.62. The van der Waals surface area contributed by atoms with E-state index in [1.54, 1.807) is 11.3 Å². The third-order valence-electron chi connectivity index (χ3n) is 4.16. The summed E-state index contributed by atoms with van der Waals surface area (Å²) in [6, 6.07) is 4.20. The lowest BCUT2D eigenvalue weighted by molar-refractivity contribution is -0.127. The Balaban J connectivity index is 1.97. The second-order valence-corrected chi connectivity index (χ2v) is 6.96. The van der Waals surface area contributed by atoms with Crippen LogP contribution in [0.2, 0.25) is 0 Å². The fourth-order valence-corrected chi connectivity index (χ4v) is 3.54. The molecule has 1 unspecified atom stereocenters. The molecule has 4 heteroatoms. The van der Waals surface area contributed by atoms with Gasteiger partial charge in [-0.05, 0) is 37.3 Å². The largest absolute Gasteiger partial charge is 0.354 e. The normalized spacial score (nSPS) is 23.5. The fourth-order valence-electron chi connectivity index (χ4n) is 2.68. The number of hydrogen-bond acceptors (Lipinski definition) is 3. The van der Waals surface area contributed by atoms with Crippen molar-refractivity contribution in [2.75, 3.05) is 13.1 Å². The Labute approximate surface area is 119 Å². The fraction of sp³-hybridized carbons (Fsp3) is 0.667. The van der Waals surface area contributed by atoms with Gasteiger partial charge in [0, 0.05) is 16.8 Å². The van der Waals surface area contributed by atoms with Gasteiger partial charge in [-0.25, -0.2) is 0 Å². The summed E-state index contributed by atoms with van der Waals surface area (Å²) < 4.78 is 0. The van der Waals surface area contributed by atoms with Crippen molar-refractivity contribution in [2.24, 2.45) is 0 Å². The number of rotatable bonds is 5. The highest BCUT2D eigenvalue weighted by Gasteiger charge is 2.39. The maximum atomic E-state index is 12.4. The molecule has 0 saturated carbocycles. The van der Waals surface area contributed by atoms with E-state index in [0.29, 0.717) is 6.54 Å². The van der Waals surface area contributed by atoms with Crippen molar-refractivity contribution >= 4 is 17.2 Å². The lowest BCUT2D eigenvalue weighted by Crippen LogP contribution is -2.54. The van der Waals surface area contributed by atoms with Gasteiger partial charge < -0.3 is 10.6 Å². The molecule has 1 aliphatic rings. The molecular weight excluding hydrogens is 256 g/mol. The summed E-state index contributed by atoms with van der Waals surface area (Å²) in [5.74, 6) is 0.164. The summed E-state index contributed by atoms with van der Waals surface area (Å²) in [4.78, 5) is 13.8. The second kappa shape index (κ2) is 5.63. The van der Waals surface area contributed by atoms with E-state index in [9.17, 15) is 4.79 Å². The number of carbonyl (C=O) groups is 1. The number of thiophene rings is 1. The minimum atomic E-state index is -0.328. The predicted molar refractivity (Wildman–Crippen MR) is 80.6 cm³/mol. The summed E-state index contributed by atoms with van der Waals surface area (Å²) in [5.41, 5.74) is -0.330. The lowest BCUT2D eigenvalue weighted by Gasteiger charge is -2.30. The Morgan fingerprint density at radius 2 is 2.37 bits per heavy atom. The van der Waals surface area contributed by atoms with Gasteiger partial charge in [0.25, 0.3) is 0 Å². The molecule has 1 saturated heterocycles. The number of nitrogens with one attached hydrogen (secondary N) is 2. The van der Waals surface area contributed by atoms with Gasteiger partial charge in [-0.15, -0.1) is 11.3 Å². The molecule has 2 N–H and O–H groups in total. The third-order valence-corrected chi connectivity index (χ3v) is 5.40. The van der Waals surface area contributed by atoms with Gasteiger partial charge in [0.1, 0.15) is 0 Å². The van der Waals surface area contributed by atoms with E-state index < -0.39 is 0 Å². The van der Waals surface area contributed by atoms with Gasteiger partial charge >= 0.3 is 0 Å². The van der Waals surface area contributed by atoms with E-state index in [4.69, 9.17) is 0 Å². The van der Waals surface area contributed by atoms with E-state index in [1.807, 2.05) is 0 Å². The Kier molecular flexibility index (Phi) is 4.31. The average molecular weight is 280 g/mol. The molecule has 0 radical (unpaired) electrons. The minimum absolute atomic E-state index is 0.00262. The molecule has 1 atom stereocenters. The molecule has 0 aliphatic carbocycles. The van der Waals surface area contributed by atoms with Crippen molar-refractivity contribution in [2.45, 2.75) is 51.0 Å². The summed E-state index contributed by atoms with van der Waals surface area (Å²) >= 11 is 1.75. The molecule has 19 heavy (non-hydrogen) atoms. The summed E-state index contributed by atoms with van der Waals surface area (Å²) in [7, 11) is 0. The highest BCUT2D eigenvalue weighted by molar-refractivity contribution is 7.10. The average Bonchev–Trinajstić information content (AvgIpc) is 3.07. The van der Waals surface area contributed by atoms with Crippen molar-refractivity contribution in [3.63, 3.8) is 0 Å². The number of amides is 1. The molecule has 1 aliphatic heterocycles. The third kappa shape index (κ3) is 3.00. The van der Waals surface area contributed by atoms with Crippen LogP contribution < -0.4 is 10.6 Å². The Morgan fingerprint density at radius 1 is 1.58 bits per heavy atom. The van der Waals surface area contributed by atoms with Crippen molar-refractivity contribution in [1.29, 1.82) is 0 Å². The first kappa shape index (κ1) is 14.5. The van der Waals surface area contributed by atoms with E-state index in [2.05, 4.69) is 48.9 Å².